The summed E-state index contributed by atoms with van der Waals surface area (Å²) in [6, 6.07) is 6.27. The summed E-state index contributed by atoms with van der Waals surface area (Å²) in [5, 5.41) is 13.3. The van der Waals surface area contributed by atoms with Gasteiger partial charge in [0.15, 0.2) is 0 Å². The fourth-order valence-corrected chi connectivity index (χ4v) is 3.88. The Morgan fingerprint density at radius 1 is 1.36 bits per heavy atom. The van der Waals surface area contributed by atoms with Gasteiger partial charge in [-0.25, -0.2) is 4.98 Å². The predicted octanol–water partition coefficient (Wildman–Crippen LogP) is 2.06. The number of carbonyl (C=O) groups is 1. The summed E-state index contributed by atoms with van der Waals surface area (Å²) in [5.41, 5.74) is 6.61. The molecule has 2 aromatic heterocycles. The van der Waals surface area contributed by atoms with Crippen molar-refractivity contribution >= 4 is 11.6 Å². The van der Waals surface area contributed by atoms with Crippen LogP contribution >= 0.6 is 0 Å². The summed E-state index contributed by atoms with van der Waals surface area (Å²) < 4.78 is 43.2. The summed E-state index contributed by atoms with van der Waals surface area (Å²) in [5.74, 6) is -0.755. The maximum atomic E-state index is 12.9. The number of rotatable bonds is 8. The Kier molecular flexibility index (Phi) is 6.61. The van der Waals surface area contributed by atoms with Crippen molar-refractivity contribution in [1.82, 2.24) is 14.7 Å². The van der Waals surface area contributed by atoms with E-state index in [0.29, 0.717) is 42.2 Å². The highest BCUT2D eigenvalue weighted by molar-refractivity contribution is 5.99. The molecule has 0 unspecified atom stereocenters. The van der Waals surface area contributed by atoms with Crippen molar-refractivity contribution in [3.05, 3.63) is 42.2 Å². The second-order valence-corrected chi connectivity index (χ2v) is 7.66. The standard InChI is InChI=1S/C22H24F2N4O5/c1-31-17-6-12(7-18(33-22(23)24)20(17)21(25)30)15-10-27-19-8-14(3-5-28(15)19)32-11-13-9-26-4-2-16(13)29/h3,5-8,10,13,16,22,26,29H,2,4,9,11H2,1H3,(H2,25,30)/t13-,16+/m0/s1. The third-order valence-corrected chi connectivity index (χ3v) is 5.56. The van der Waals surface area contributed by atoms with E-state index < -0.39 is 18.6 Å². The van der Waals surface area contributed by atoms with Crippen LogP contribution in [0, 0.1) is 5.92 Å². The number of fused-ring (bicyclic) bond motifs is 1. The number of aliphatic hydroxyl groups excluding tert-OH is 1. The van der Waals surface area contributed by atoms with E-state index in [4.69, 9.17) is 15.2 Å². The van der Waals surface area contributed by atoms with Crippen LogP contribution < -0.4 is 25.3 Å². The van der Waals surface area contributed by atoms with E-state index in [1.165, 1.54) is 19.2 Å². The molecule has 0 bridgehead atoms. The zero-order chi connectivity index (χ0) is 23.5. The molecule has 4 N–H and O–H groups in total. The van der Waals surface area contributed by atoms with Crippen LogP contribution in [0.2, 0.25) is 0 Å². The molecule has 3 heterocycles. The molecular weight excluding hydrogens is 438 g/mol. The lowest BCUT2D eigenvalue weighted by atomic mass is 9.97. The molecule has 3 aromatic rings. The van der Waals surface area contributed by atoms with E-state index in [2.05, 4.69) is 15.0 Å². The molecule has 0 aliphatic carbocycles. The fraction of sp³-hybridized carbons (Fsp3) is 0.364. The Labute approximate surface area is 188 Å². The number of hydrogen-bond donors (Lipinski definition) is 3. The Bertz CT molecular complexity index is 1150. The number of carbonyl (C=O) groups excluding carboxylic acids is 1. The largest absolute Gasteiger partial charge is 0.496 e. The number of pyridine rings is 1. The summed E-state index contributed by atoms with van der Waals surface area (Å²) in [6.07, 6.45) is 3.56. The maximum absolute atomic E-state index is 12.9. The van der Waals surface area contributed by atoms with Gasteiger partial charge in [-0.05, 0) is 31.2 Å². The fourth-order valence-electron chi connectivity index (χ4n) is 3.88. The molecule has 9 nitrogen and oxygen atoms in total. The van der Waals surface area contributed by atoms with Gasteiger partial charge in [-0.2, -0.15) is 8.78 Å². The van der Waals surface area contributed by atoms with E-state index in [1.54, 1.807) is 28.9 Å². The first kappa shape index (κ1) is 22.7. The van der Waals surface area contributed by atoms with E-state index in [-0.39, 0.29) is 23.0 Å². The van der Waals surface area contributed by atoms with Gasteiger partial charge in [0.2, 0.25) is 0 Å². The van der Waals surface area contributed by atoms with Crippen molar-refractivity contribution in [3.63, 3.8) is 0 Å². The van der Waals surface area contributed by atoms with Crippen molar-refractivity contribution in [2.45, 2.75) is 19.1 Å². The minimum atomic E-state index is -3.15. The van der Waals surface area contributed by atoms with Crippen LogP contribution in [0.4, 0.5) is 8.78 Å². The number of hydrogen-bond acceptors (Lipinski definition) is 7. The molecular formula is C22H24F2N4O5. The van der Waals surface area contributed by atoms with Crippen LogP contribution in [0.1, 0.15) is 16.8 Å². The van der Waals surface area contributed by atoms with Crippen LogP contribution in [-0.2, 0) is 0 Å². The van der Waals surface area contributed by atoms with Crippen molar-refractivity contribution in [1.29, 1.82) is 0 Å². The monoisotopic (exact) mass is 462 g/mol. The average molecular weight is 462 g/mol. The molecule has 1 saturated heterocycles. The Morgan fingerprint density at radius 2 is 2.15 bits per heavy atom. The normalized spacial score (nSPS) is 18.5. The molecule has 11 heteroatoms. The molecule has 1 amide bonds. The number of piperidine rings is 1. The quantitative estimate of drug-likeness (QED) is 0.469. The topological polar surface area (TPSA) is 120 Å². The third kappa shape index (κ3) is 4.83. The van der Waals surface area contributed by atoms with Gasteiger partial charge in [-0.15, -0.1) is 0 Å². The first-order valence-corrected chi connectivity index (χ1v) is 10.3. The molecule has 1 fully saturated rings. The number of alkyl halides is 2. The number of aromatic nitrogens is 2. The van der Waals surface area contributed by atoms with Gasteiger partial charge >= 0.3 is 6.61 Å². The molecule has 0 radical (unpaired) electrons. The molecule has 4 rings (SSSR count). The van der Waals surface area contributed by atoms with Crippen molar-refractivity contribution < 1.29 is 32.9 Å². The zero-order valence-corrected chi connectivity index (χ0v) is 17.8. The van der Waals surface area contributed by atoms with Crippen LogP contribution in [0.15, 0.2) is 36.7 Å². The van der Waals surface area contributed by atoms with Gasteiger partial charge in [0.1, 0.15) is 28.5 Å². The Balaban J connectivity index is 1.64. The van der Waals surface area contributed by atoms with Crippen LogP contribution in [0.3, 0.4) is 0 Å². The summed E-state index contributed by atoms with van der Waals surface area (Å²) >= 11 is 0. The number of methoxy groups -OCH3 is 1. The highest BCUT2D eigenvalue weighted by atomic mass is 19.3. The summed E-state index contributed by atoms with van der Waals surface area (Å²) in [4.78, 5) is 16.2. The molecule has 176 valence electrons. The van der Waals surface area contributed by atoms with Gasteiger partial charge in [0, 0.05) is 30.3 Å². The molecule has 1 aromatic carbocycles. The van der Waals surface area contributed by atoms with E-state index in [1.807, 2.05) is 0 Å². The predicted molar refractivity (Wildman–Crippen MR) is 115 cm³/mol. The minimum Gasteiger partial charge on any atom is -0.496 e. The van der Waals surface area contributed by atoms with Gasteiger partial charge < -0.3 is 30.4 Å². The number of aliphatic hydroxyl groups is 1. The summed E-state index contributed by atoms with van der Waals surface area (Å²) in [6.45, 7) is -1.32. The zero-order valence-electron chi connectivity index (χ0n) is 17.8. The molecule has 0 saturated carbocycles. The second kappa shape index (κ2) is 9.59. The number of primary amides is 1. The van der Waals surface area contributed by atoms with Gasteiger partial charge in [-0.3, -0.25) is 9.20 Å². The van der Waals surface area contributed by atoms with E-state index in [0.717, 1.165) is 6.54 Å². The first-order chi connectivity index (χ1) is 15.9. The smallest absolute Gasteiger partial charge is 0.387 e. The second-order valence-electron chi connectivity index (χ2n) is 7.66. The number of nitrogens with zero attached hydrogens (tertiary/aromatic N) is 2. The summed E-state index contributed by atoms with van der Waals surface area (Å²) in [7, 11) is 1.30. The van der Waals surface area contributed by atoms with Crippen molar-refractivity contribution in [2.75, 3.05) is 26.8 Å². The molecule has 2 atom stereocenters. The average Bonchev–Trinajstić information content (AvgIpc) is 3.20. The lowest BCUT2D eigenvalue weighted by Crippen LogP contribution is -2.42. The molecule has 33 heavy (non-hydrogen) atoms. The van der Waals surface area contributed by atoms with Gasteiger partial charge in [0.05, 0.1) is 31.7 Å². The van der Waals surface area contributed by atoms with Crippen LogP contribution in [0.5, 0.6) is 17.2 Å². The number of halogens is 2. The number of benzene rings is 1. The van der Waals surface area contributed by atoms with Gasteiger partial charge in [-0.1, -0.05) is 0 Å². The highest BCUT2D eigenvalue weighted by Gasteiger charge is 2.24. The highest BCUT2D eigenvalue weighted by Crippen LogP contribution is 2.36. The van der Waals surface area contributed by atoms with Gasteiger partial charge in [0.25, 0.3) is 5.91 Å². The number of nitrogens with one attached hydrogen (secondary N) is 1. The lowest BCUT2D eigenvalue weighted by Gasteiger charge is -2.28. The minimum absolute atomic E-state index is 0.00482. The first-order valence-electron chi connectivity index (χ1n) is 10.3. The number of amides is 1. The third-order valence-electron chi connectivity index (χ3n) is 5.56. The lowest BCUT2D eigenvalue weighted by molar-refractivity contribution is -0.0502. The Hall–Kier alpha value is -3.44. The van der Waals surface area contributed by atoms with Crippen LogP contribution in [0.25, 0.3) is 16.9 Å². The van der Waals surface area contributed by atoms with E-state index in [9.17, 15) is 18.7 Å². The molecule has 1 aliphatic heterocycles. The number of nitrogens with two attached hydrogens (primary N) is 1. The number of imidazole rings is 1. The number of ether oxygens (including phenoxy) is 3. The SMILES string of the molecule is COc1cc(-c2cnc3cc(OC[C@@H]4CNCC[C@H]4O)ccn23)cc(OC(F)F)c1C(N)=O. The van der Waals surface area contributed by atoms with E-state index >= 15 is 0 Å². The molecule has 1 aliphatic rings. The maximum Gasteiger partial charge on any atom is 0.387 e. The Morgan fingerprint density at radius 3 is 2.85 bits per heavy atom. The van der Waals surface area contributed by atoms with Crippen molar-refractivity contribution in [3.8, 4) is 28.5 Å². The van der Waals surface area contributed by atoms with Crippen LogP contribution in [-0.4, -0.2) is 59.9 Å². The van der Waals surface area contributed by atoms with Crippen molar-refractivity contribution in [2.24, 2.45) is 11.7 Å². The molecule has 0 spiro atoms.